The van der Waals surface area contributed by atoms with Crippen molar-refractivity contribution in [3.63, 3.8) is 0 Å². The maximum absolute atomic E-state index is 12.4. The van der Waals surface area contributed by atoms with Gasteiger partial charge < -0.3 is 5.32 Å². The maximum Gasteiger partial charge on any atom is 0.266 e. The molecule has 2 aromatic rings. The third-order valence-corrected chi connectivity index (χ3v) is 3.79. The maximum atomic E-state index is 12.4. The zero-order chi connectivity index (χ0) is 15.9. The van der Waals surface area contributed by atoms with Crippen LogP contribution < -0.4 is 10.2 Å². The van der Waals surface area contributed by atoms with Gasteiger partial charge in [-0.05, 0) is 42.5 Å². The number of nitrogens with one attached hydrogen (secondary N) is 1. The third-order valence-electron chi connectivity index (χ3n) is 3.29. The largest absolute Gasteiger partial charge is 0.326 e. The van der Waals surface area contributed by atoms with E-state index < -0.39 is 0 Å². The topological polar surface area (TPSA) is 66.5 Å². The molecule has 3 rings (SSSR count). The molecule has 3 amide bonds. The van der Waals surface area contributed by atoms with Gasteiger partial charge in [0.15, 0.2) is 0 Å². The van der Waals surface area contributed by atoms with E-state index in [0.717, 1.165) is 9.37 Å². The Morgan fingerprint density at radius 1 is 1.00 bits per heavy atom. The van der Waals surface area contributed by atoms with Crippen LogP contribution in [0.1, 0.15) is 27.6 Å². The molecule has 2 aromatic carbocycles. The van der Waals surface area contributed by atoms with E-state index in [9.17, 15) is 14.4 Å². The fourth-order valence-electron chi connectivity index (χ4n) is 2.34. The summed E-state index contributed by atoms with van der Waals surface area (Å²) >= 11 is 3.30. The van der Waals surface area contributed by atoms with E-state index in [4.69, 9.17) is 0 Å². The molecule has 0 aliphatic carbocycles. The first-order valence-corrected chi connectivity index (χ1v) is 7.32. The molecule has 1 aliphatic heterocycles. The number of rotatable bonds is 2. The average molecular weight is 359 g/mol. The number of carbonyl (C=O) groups is 3. The van der Waals surface area contributed by atoms with E-state index in [1.165, 1.54) is 6.92 Å². The Kier molecular flexibility index (Phi) is 3.54. The van der Waals surface area contributed by atoms with Gasteiger partial charge in [-0.2, -0.15) is 0 Å². The van der Waals surface area contributed by atoms with Crippen molar-refractivity contribution < 1.29 is 14.4 Å². The molecule has 0 unspecified atom stereocenters. The first-order chi connectivity index (χ1) is 10.5. The molecular weight excluding hydrogens is 348 g/mol. The number of nitrogens with zero attached hydrogens (tertiary/aromatic N) is 1. The first kappa shape index (κ1) is 14.5. The van der Waals surface area contributed by atoms with Gasteiger partial charge in [-0.1, -0.05) is 15.9 Å². The van der Waals surface area contributed by atoms with Crippen molar-refractivity contribution in [3.05, 3.63) is 58.1 Å². The fraction of sp³-hybridized carbons (Fsp3) is 0.0625. The SMILES string of the molecule is CC(=O)Nc1ccc(N2C(=O)c3ccc(Br)cc3C2=O)cc1. The molecule has 0 fully saturated rings. The number of anilines is 2. The second-order valence-electron chi connectivity index (χ2n) is 4.86. The second kappa shape index (κ2) is 5.38. The molecule has 1 aliphatic rings. The monoisotopic (exact) mass is 358 g/mol. The van der Waals surface area contributed by atoms with Gasteiger partial charge in [0.2, 0.25) is 5.91 Å². The lowest BCUT2D eigenvalue weighted by atomic mass is 10.1. The highest BCUT2D eigenvalue weighted by Crippen LogP contribution is 2.30. The van der Waals surface area contributed by atoms with E-state index in [2.05, 4.69) is 21.2 Å². The van der Waals surface area contributed by atoms with Gasteiger partial charge in [0.1, 0.15) is 0 Å². The van der Waals surface area contributed by atoms with E-state index in [-0.39, 0.29) is 17.7 Å². The molecule has 1 N–H and O–H groups in total. The number of benzene rings is 2. The zero-order valence-electron chi connectivity index (χ0n) is 11.6. The minimum Gasteiger partial charge on any atom is -0.326 e. The minimum absolute atomic E-state index is 0.182. The summed E-state index contributed by atoms with van der Waals surface area (Å²) in [6, 6.07) is 11.6. The van der Waals surface area contributed by atoms with Crippen molar-refractivity contribution in [1.82, 2.24) is 0 Å². The van der Waals surface area contributed by atoms with Crippen molar-refractivity contribution in [2.75, 3.05) is 10.2 Å². The second-order valence-corrected chi connectivity index (χ2v) is 5.78. The van der Waals surface area contributed by atoms with Crippen molar-refractivity contribution in [2.24, 2.45) is 0 Å². The molecular formula is C16H11BrN2O3. The number of hydrogen-bond acceptors (Lipinski definition) is 3. The highest BCUT2D eigenvalue weighted by Gasteiger charge is 2.36. The van der Waals surface area contributed by atoms with Gasteiger partial charge in [0, 0.05) is 17.1 Å². The Morgan fingerprint density at radius 3 is 2.27 bits per heavy atom. The van der Waals surface area contributed by atoms with Crippen LogP contribution in [-0.2, 0) is 4.79 Å². The lowest BCUT2D eigenvalue weighted by Crippen LogP contribution is -2.29. The molecule has 0 saturated heterocycles. The smallest absolute Gasteiger partial charge is 0.266 e. The summed E-state index contributed by atoms with van der Waals surface area (Å²) in [5.74, 6) is -0.883. The van der Waals surface area contributed by atoms with Crippen LogP contribution in [0.4, 0.5) is 11.4 Å². The van der Waals surface area contributed by atoms with E-state index in [0.29, 0.717) is 22.5 Å². The normalized spacial score (nSPS) is 13.3. The van der Waals surface area contributed by atoms with Gasteiger partial charge in [0.25, 0.3) is 11.8 Å². The molecule has 22 heavy (non-hydrogen) atoms. The van der Waals surface area contributed by atoms with E-state index in [1.54, 1.807) is 42.5 Å². The summed E-state index contributed by atoms with van der Waals surface area (Å²) in [6.45, 7) is 1.41. The van der Waals surface area contributed by atoms with E-state index in [1.807, 2.05) is 0 Å². The molecule has 0 aromatic heterocycles. The zero-order valence-corrected chi connectivity index (χ0v) is 13.2. The van der Waals surface area contributed by atoms with Crippen molar-refractivity contribution >= 4 is 45.0 Å². The first-order valence-electron chi connectivity index (χ1n) is 6.53. The summed E-state index contributed by atoms with van der Waals surface area (Å²) in [4.78, 5) is 37.0. The molecule has 110 valence electrons. The summed E-state index contributed by atoms with van der Waals surface area (Å²) in [6.07, 6.45) is 0. The van der Waals surface area contributed by atoms with Crippen LogP contribution in [0.3, 0.4) is 0 Å². The Balaban J connectivity index is 1.95. The molecule has 0 spiro atoms. The number of carbonyl (C=O) groups excluding carboxylic acids is 3. The molecule has 0 saturated carbocycles. The molecule has 0 atom stereocenters. The lowest BCUT2D eigenvalue weighted by molar-refractivity contribution is -0.114. The van der Waals surface area contributed by atoms with Gasteiger partial charge in [-0.25, -0.2) is 4.90 Å². The fourth-order valence-corrected chi connectivity index (χ4v) is 2.71. The molecule has 6 heteroatoms. The molecule has 1 heterocycles. The van der Waals surface area contributed by atoms with Gasteiger partial charge in [0.05, 0.1) is 16.8 Å². The van der Waals surface area contributed by atoms with Crippen LogP contribution in [0, 0.1) is 0 Å². The van der Waals surface area contributed by atoms with Crippen LogP contribution in [0.5, 0.6) is 0 Å². The minimum atomic E-state index is -0.353. The predicted octanol–water partition coefficient (Wildman–Crippen LogP) is 3.21. The van der Waals surface area contributed by atoms with Crippen LogP contribution in [-0.4, -0.2) is 17.7 Å². The molecule has 0 radical (unpaired) electrons. The standard InChI is InChI=1S/C16H11BrN2O3/c1-9(20)18-11-3-5-12(6-4-11)19-15(21)13-7-2-10(17)8-14(13)16(19)22/h2-8H,1H3,(H,18,20). The van der Waals surface area contributed by atoms with Crippen molar-refractivity contribution in [1.29, 1.82) is 0 Å². The summed E-state index contributed by atoms with van der Waals surface area (Å²) in [7, 11) is 0. The summed E-state index contributed by atoms with van der Waals surface area (Å²) in [5.41, 5.74) is 1.84. The van der Waals surface area contributed by atoms with Gasteiger partial charge in [-0.3, -0.25) is 14.4 Å². The Bertz CT molecular complexity index is 800. The Hall–Kier alpha value is -2.47. The van der Waals surface area contributed by atoms with Crippen LogP contribution in [0.15, 0.2) is 46.9 Å². The van der Waals surface area contributed by atoms with Crippen molar-refractivity contribution in [2.45, 2.75) is 6.92 Å². The van der Waals surface area contributed by atoms with Gasteiger partial charge in [-0.15, -0.1) is 0 Å². The number of hydrogen-bond donors (Lipinski definition) is 1. The lowest BCUT2D eigenvalue weighted by Gasteiger charge is -2.14. The Labute approximate surface area is 135 Å². The molecule has 5 nitrogen and oxygen atoms in total. The summed E-state index contributed by atoms with van der Waals surface area (Å²) in [5, 5.41) is 2.64. The number of imide groups is 1. The van der Waals surface area contributed by atoms with Crippen LogP contribution in [0.25, 0.3) is 0 Å². The average Bonchev–Trinajstić information content (AvgIpc) is 2.71. The van der Waals surface area contributed by atoms with E-state index >= 15 is 0 Å². The predicted molar refractivity (Wildman–Crippen MR) is 86.0 cm³/mol. The number of fused-ring (bicyclic) bond motifs is 1. The van der Waals surface area contributed by atoms with Gasteiger partial charge >= 0.3 is 0 Å². The third kappa shape index (κ3) is 2.42. The quantitative estimate of drug-likeness (QED) is 0.838. The highest BCUT2D eigenvalue weighted by atomic mass is 79.9. The molecule has 0 bridgehead atoms. The number of halogens is 1. The summed E-state index contributed by atoms with van der Waals surface area (Å²) < 4.78 is 0.746. The van der Waals surface area contributed by atoms with Crippen molar-refractivity contribution in [3.8, 4) is 0 Å². The van der Waals surface area contributed by atoms with Crippen LogP contribution >= 0.6 is 15.9 Å². The number of amides is 3. The highest BCUT2D eigenvalue weighted by molar-refractivity contribution is 9.10. The Morgan fingerprint density at radius 2 is 1.64 bits per heavy atom. The van der Waals surface area contributed by atoms with Crippen LogP contribution in [0.2, 0.25) is 0 Å².